The molecule has 0 spiro atoms. The predicted octanol–water partition coefficient (Wildman–Crippen LogP) is 0.988. The molecule has 0 saturated heterocycles. The summed E-state index contributed by atoms with van der Waals surface area (Å²) in [4.78, 5) is 24.8. The van der Waals surface area contributed by atoms with Crippen molar-refractivity contribution in [3.63, 3.8) is 0 Å². The Morgan fingerprint density at radius 1 is 1.64 bits per heavy atom. The molecule has 5 nitrogen and oxygen atoms in total. The highest BCUT2D eigenvalue weighted by molar-refractivity contribution is 9.10. The predicted molar refractivity (Wildman–Crippen MR) is 53.5 cm³/mol. The molecule has 6 heteroatoms. The highest BCUT2D eigenvalue weighted by Gasteiger charge is 2.07. The summed E-state index contributed by atoms with van der Waals surface area (Å²) in [6.45, 7) is 1.35. The minimum absolute atomic E-state index is 0.0607. The van der Waals surface area contributed by atoms with Gasteiger partial charge in [-0.3, -0.25) is 9.59 Å². The maximum Gasteiger partial charge on any atom is 0.275 e. The first-order valence-electron chi connectivity index (χ1n) is 3.87. The number of halogens is 1. The summed E-state index contributed by atoms with van der Waals surface area (Å²) < 4.78 is 2.12. The number of nitrogens with zero attached hydrogens (tertiary/aromatic N) is 2. The third kappa shape index (κ3) is 1.37. The van der Waals surface area contributed by atoms with E-state index in [1.165, 1.54) is 11.4 Å². The number of aromatic nitrogens is 3. The van der Waals surface area contributed by atoms with E-state index >= 15 is 0 Å². The summed E-state index contributed by atoms with van der Waals surface area (Å²) in [5.74, 6) is -0.209. The zero-order valence-corrected chi connectivity index (χ0v) is 8.83. The van der Waals surface area contributed by atoms with Crippen molar-refractivity contribution in [3.8, 4) is 0 Å². The highest BCUT2D eigenvalue weighted by atomic mass is 79.9. The van der Waals surface area contributed by atoms with Gasteiger partial charge in [0.25, 0.3) is 5.56 Å². The van der Waals surface area contributed by atoms with Crippen molar-refractivity contribution in [2.24, 2.45) is 0 Å². The van der Waals surface area contributed by atoms with E-state index in [0.29, 0.717) is 5.52 Å². The van der Waals surface area contributed by atoms with E-state index in [1.54, 1.807) is 12.3 Å². The van der Waals surface area contributed by atoms with Gasteiger partial charge < -0.3 is 4.98 Å². The van der Waals surface area contributed by atoms with E-state index in [-0.39, 0.29) is 17.2 Å². The molecule has 0 fully saturated rings. The lowest BCUT2D eigenvalue weighted by atomic mass is 10.4. The molecule has 14 heavy (non-hydrogen) atoms. The molecule has 0 radical (unpaired) electrons. The van der Waals surface area contributed by atoms with Gasteiger partial charge in [0.15, 0.2) is 11.6 Å². The normalized spacial score (nSPS) is 10.7. The van der Waals surface area contributed by atoms with E-state index in [4.69, 9.17) is 0 Å². The summed E-state index contributed by atoms with van der Waals surface area (Å²) in [5, 5.41) is 3.94. The topological polar surface area (TPSA) is 67.2 Å². The van der Waals surface area contributed by atoms with Crippen LogP contribution in [0.25, 0.3) is 5.52 Å². The molecule has 2 heterocycles. The first-order valence-corrected chi connectivity index (χ1v) is 4.66. The third-order valence-corrected chi connectivity index (χ3v) is 2.21. The molecule has 0 unspecified atom stereocenters. The molecule has 0 aliphatic rings. The monoisotopic (exact) mass is 255 g/mol. The van der Waals surface area contributed by atoms with Crippen LogP contribution in [0.3, 0.4) is 0 Å². The van der Waals surface area contributed by atoms with Gasteiger partial charge in [-0.05, 0) is 22.0 Å². The summed E-state index contributed by atoms with van der Waals surface area (Å²) >= 11 is 3.22. The van der Waals surface area contributed by atoms with Crippen molar-refractivity contribution in [1.29, 1.82) is 0 Å². The number of rotatable bonds is 1. The van der Waals surface area contributed by atoms with Crippen LogP contribution in [0.4, 0.5) is 0 Å². The van der Waals surface area contributed by atoms with E-state index in [9.17, 15) is 9.59 Å². The van der Waals surface area contributed by atoms with E-state index < -0.39 is 0 Å². The molecule has 1 N–H and O–H groups in total. The lowest BCUT2D eigenvalue weighted by Crippen LogP contribution is -2.17. The number of fused-ring (bicyclic) bond motifs is 1. The van der Waals surface area contributed by atoms with Gasteiger partial charge in [-0.2, -0.15) is 0 Å². The number of ketones is 1. The van der Waals surface area contributed by atoms with Crippen LogP contribution in [0.2, 0.25) is 0 Å². The Hall–Kier alpha value is -1.43. The number of hydrogen-bond acceptors (Lipinski definition) is 3. The molecule has 2 aromatic heterocycles. The Balaban J connectivity index is 2.84. The maximum absolute atomic E-state index is 11.4. The molecule has 0 atom stereocenters. The zero-order chi connectivity index (χ0) is 10.3. The van der Waals surface area contributed by atoms with Crippen molar-refractivity contribution in [2.75, 3.05) is 0 Å². The second-order valence-electron chi connectivity index (χ2n) is 2.85. The van der Waals surface area contributed by atoms with Crippen LogP contribution >= 0.6 is 15.9 Å². The highest BCUT2D eigenvalue weighted by Crippen LogP contribution is 2.11. The number of carbonyl (C=O) groups excluding carboxylic acids is 1. The minimum Gasteiger partial charge on any atom is -0.301 e. The molecular weight excluding hydrogens is 250 g/mol. The number of carbonyl (C=O) groups is 1. The van der Waals surface area contributed by atoms with Gasteiger partial charge >= 0.3 is 0 Å². The quantitative estimate of drug-likeness (QED) is 0.773. The summed E-state index contributed by atoms with van der Waals surface area (Å²) in [6.07, 6.45) is 1.62. The molecule has 0 aliphatic carbocycles. The van der Waals surface area contributed by atoms with Crippen LogP contribution in [-0.4, -0.2) is 20.4 Å². The number of H-pyrrole nitrogens is 1. The van der Waals surface area contributed by atoms with Gasteiger partial charge in [-0.15, -0.1) is 5.10 Å². The van der Waals surface area contributed by atoms with Crippen LogP contribution in [0, 0.1) is 0 Å². The first kappa shape index (κ1) is 9.14. The summed E-state index contributed by atoms with van der Waals surface area (Å²) in [5.41, 5.74) is 0.0813. The number of nitrogens with one attached hydrogen (secondary N) is 1. The van der Waals surface area contributed by atoms with E-state index in [2.05, 4.69) is 26.0 Å². The first-order chi connectivity index (χ1) is 6.58. The van der Waals surface area contributed by atoms with E-state index in [0.717, 1.165) is 4.47 Å². The SMILES string of the molecule is CC(=O)c1nn2cc(Br)cc2c(=O)[nH]1. The fourth-order valence-corrected chi connectivity index (χ4v) is 1.55. The molecular formula is C8H6BrN3O2. The summed E-state index contributed by atoms with van der Waals surface area (Å²) in [7, 11) is 0. The largest absolute Gasteiger partial charge is 0.301 e. The second kappa shape index (κ2) is 3.06. The Bertz CT molecular complexity index is 569. The van der Waals surface area contributed by atoms with Crippen LogP contribution < -0.4 is 5.56 Å². The molecule has 0 amide bonds. The number of hydrogen-bond donors (Lipinski definition) is 1. The average Bonchev–Trinajstić information content (AvgIpc) is 2.45. The maximum atomic E-state index is 11.4. The summed E-state index contributed by atoms with van der Waals surface area (Å²) in [6, 6.07) is 1.63. The third-order valence-electron chi connectivity index (χ3n) is 1.77. The van der Waals surface area contributed by atoms with Crippen LogP contribution in [0.1, 0.15) is 17.5 Å². The number of aromatic amines is 1. The van der Waals surface area contributed by atoms with Crippen LogP contribution in [0.5, 0.6) is 0 Å². The zero-order valence-electron chi connectivity index (χ0n) is 7.24. The minimum atomic E-state index is -0.323. The lowest BCUT2D eigenvalue weighted by molar-refractivity contribution is 0.100. The second-order valence-corrected chi connectivity index (χ2v) is 3.76. The fraction of sp³-hybridized carbons (Fsp3) is 0.125. The van der Waals surface area contributed by atoms with Crippen LogP contribution in [0.15, 0.2) is 21.5 Å². The van der Waals surface area contributed by atoms with Crippen molar-refractivity contribution in [3.05, 3.63) is 32.9 Å². The van der Waals surface area contributed by atoms with Crippen LogP contribution in [-0.2, 0) is 0 Å². The lowest BCUT2D eigenvalue weighted by Gasteiger charge is -1.96. The van der Waals surface area contributed by atoms with Gasteiger partial charge in [-0.1, -0.05) is 0 Å². The van der Waals surface area contributed by atoms with Crippen molar-refractivity contribution >= 4 is 27.2 Å². The van der Waals surface area contributed by atoms with Gasteiger partial charge in [0.2, 0.25) is 0 Å². The van der Waals surface area contributed by atoms with Gasteiger partial charge in [0.05, 0.1) is 0 Å². The fourth-order valence-electron chi connectivity index (χ4n) is 1.14. The Kier molecular flexibility index (Phi) is 1.99. The van der Waals surface area contributed by atoms with E-state index in [1.807, 2.05) is 0 Å². The molecule has 0 aromatic carbocycles. The molecule has 72 valence electrons. The smallest absolute Gasteiger partial charge is 0.275 e. The number of Topliss-reactive ketones (excluding diaryl/α,β-unsaturated/α-hetero) is 1. The standard InChI is InChI=1S/C8H6BrN3O2/c1-4(13)7-10-8(14)6-2-5(9)3-12(6)11-7/h2-3H,1H3,(H,10,11,14). The Morgan fingerprint density at radius 2 is 2.36 bits per heavy atom. The Morgan fingerprint density at radius 3 is 3.00 bits per heavy atom. The van der Waals surface area contributed by atoms with Gasteiger partial charge in [-0.25, -0.2) is 4.52 Å². The molecule has 2 aromatic rings. The van der Waals surface area contributed by atoms with Gasteiger partial charge in [0, 0.05) is 17.6 Å². The van der Waals surface area contributed by atoms with Gasteiger partial charge in [0.1, 0.15) is 5.52 Å². The average molecular weight is 256 g/mol. The molecule has 0 aliphatic heterocycles. The molecule has 0 bridgehead atoms. The molecule has 2 rings (SSSR count). The Labute approximate surface area is 86.9 Å². The van der Waals surface area contributed by atoms with Crippen molar-refractivity contribution in [2.45, 2.75) is 6.92 Å². The molecule has 0 saturated carbocycles. The van der Waals surface area contributed by atoms with Crippen molar-refractivity contribution < 1.29 is 4.79 Å². The van der Waals surface area contributed by atoms with Crippen molar-refractivity contribution in [1.82, 2.24) is 14.6 Å².